The number of methoxy groups -OCH3 is 2. The molecule has 0 aromatic carbocycles. The van der Waals surface area contributed by atoms with Gasteiger partial charge >= 0.3 is 6.01 Å². The molecule has 32 heavy (non-hydrogen) atoms. The van der Waals surface area contributed by atoms with Gasteiger partial charge in [-0.05, 0) is 37.0 Å². The summed E-state index contributed by atoms with van der Waals surface area (Å²) in [5, 5.41) is 15.4. The molecule has 0 saturated carbocycles. The van der Waals surface area contributed by atoms with Crippen LogP contribution in [0.3, 0.4) is 0 Å². The topological polar surface area (TPSA) is 111 Å². The molecule has 2 aromatic rings. The van der Waals surface area contributed by atoms with Crippen LogP contribution < -0.4 is 9.47 Å². The molecule has 1 atom stereocenters. The van der Waals surface area contributed by atoms with Gasteiger partial charge in [0.25, 0.3) is 5.91 Å². The number of piperidine rings is 1. The number of hydrogen-bond donors (Lipinski definition) is 1. The second-order valence-corrected chi connectivity index (χ2v) is 9.84. The number of carbonyl (C=O) groups excluding carboxylic acids is 1. The van der Waals surface area contributed by atoms with E-state index in [0.717, 1.165) is 30.6 Å². The first-order chi connectivity index (χ1) is 15.2. The number of fused-ring (bicyclic) bond motifs is 1. The lowest BCUT2D eigenvalue weighted by Gasteiger charge is -2.38. The van der Waals surface area contributed by atoms with E-state index in [1.807, 2.05) is 0 Å². The van der Waals surface area contributed by atoms with Gasteiger partial charge in [0, 0.05) is 31.3 Å². The quantitative estimate of drug-likeness (QED) is 0.766. The summed E-state index contributed by atoms with van der Waals surface area (Å²) in [6.45, 7) is 7.48. The highest BCUT2D eigenvalue weighted by molar-refractivity contribution is 5.94. The average Bonchev–Trinajstić information content (AvgIpc) is 3.21. The fourth-order valence-electron chi connectivity index (χ4n) is 4.73. The molecule has 174 valence electrons. The third-order valence-electron chi connectivity index (χ3n) is 6.95. The van der Waals surface area contributed by atoms with Gasteiger partial charge in [-0.3, -0.25) is 4.79 Å². The Labute approximate surface area is 188 Å². The zero-order chi connectivity index (χ0) is 23.1. The van der Waals surface area contributed by atoms with Gasteiger partial charge in [0.05, 0.1) is 25.4 Å². The molecule has 0 radical (unpaired) electrons. The number of nitrogens with zero attached hydrogens (tertiary/aromatic N) is 4. The number of rotatable bonds is 4. The van der Waals surface area contributed by atoms with Crippen LogP contribution in [0.1, 0.15) is 67.4 Å². The minimum atomic E-state index is -1.19. The van der Waals surface area contributed by atoms with Crippen molar-refractivity contribution in [1.82, 2.24) is 20.0 Å². The highest BCUT2D eigenvalue weighted by Crippen LogP contribution is 2.40. The van der Waals surface area contributed by atoms with Gasteiger partial charge in [-0.2, -0.15) is 4.98 Å². The lowest BCUT2D eigenvalue weighted by atomic mass is 9.71. The van der Waals surface area contributed by atoms with E-state index in [4.69, 9.17) is 14.0 Å². The van der Waals surface area contributed by atoms with Crippen molar-refractivity contribution in [3.05, 3.63) is 28.8 Å². The maximum Gasteiger partial charge on any atom is 0.319 e. The Hall–Kier alpha value is -2.68. The molecule has 3 heterocycles. The van der Waals surface area contributed by atoms with Crippen molar-refractivity contribution in [3.63, 3.8) is 0 Å². The second-order valence-electron chi connectivity index (χ2n) is 9.84. The van der Waals surface area contributed by atoms with Crippen molar-refractivity contribution in [2.45, 2.75) is 58.5 Å². The van der Waals surface area contributed by atoms with Crippen LogP contribution >= 0.6 is 0 Å². The van der Waals surface area contributed by atoms with Gasteiger partial charge in [-0.25, -0.2) is 4.98 Å². The molecule has 9 nitrogen and oxygen atoms in total. The highest BCUT2D eigenvalue weighted by Gasteiger charge is 2.41. The molecule has 0 bridgehead atoms. The number of carbonyl (C=O) groups is 1. The van der Waals surface area contributed by atoms with E-state index in [-0.39, 0.29) is 23.2 Å². The van der Waals surface area contributed by atoms with Crippen LogP contribution in [0, 0.1) is 11.3 Å². The predicted octanol–water partition coefficient (Wildman–Crippen LogP) is 2.76. The molecule has 0 spiro atoms. The largest absolute Gasteiger partial charge is 0.481 e. The number of aliphatic hydroxyl groups is 1. The molecule has 4 rings (SSSR count). The smallest absolute Gasteiger partial charge is 0.319 e. The van der Waals surface area contributed by atoms with Crippen LogP contribution in [0.15, 0.2) is 10.7 Å². The van der Waals surface area contributed by atoms with E-state index in [1.165, 1.54) is 20.4 Å². The Morgan fingerprint density at radius 3 is 2.59 bits per heavy atom. The Morgan fingerprint density at radius 2 is 1.97 bits per heavy atom. The summed E-state index contributed by atoms with van der Waals surface area (Å²) in [6, 6.07) is 0.172. The summed E-state index contributed by atoms with van der Waals surface area (Å²) >= 11 is 0. The Morgan fingerprint density at radius 1 is 1.25 bits per heavy atom. The van der Waals surface area contributed by atoms with Gasteiger partial charge < -0.3 is 24.0 Å². The van der Waals surface area contributed by atoms with E-state index >= 15 is 0 Å². The van der Waals surface area contributed by atoms with Crippen LogP contribution in [0.5, 0.6) is 11.9 Å². The van der Waals surface area contributed by atoms with Crippen LogP contribution in [-0.2, 0) is 18.4 Å². The number of hydrogen-bond acceptors (Lipinski definition) is 8. The Kier molecular flexibility index (Phi) is 5.87. The van der Waals surface area contributed by atoms with E-state index in [2.05, 4.69) is 35.9 Å². The van der Waals surface area contributed by atoms with Gasteiger partial charge in [0.1, 0.15) is 5.76 Å². The molecule has 1 fully saturated rings. The molecule has 0 unspecified atom stereocenters. The minimum absolute atomic E-state index is 0.135. The van der Waals surface area contributed by atoms with E-state index in [0.29, 0.717) is 43.1 Å². The molecule has 1 saturated heterocycles. The number of aryl methyl sites for hydroxylation is 1. The molecular formula is C23H32N4O5. The third kappa shape index (κ3) is 4.05. The van der Waals surface area contributed by atoms with E-state index < -0.39 is 5.60 Å². The first-order valence-electron chi connectivity index (χ1n) is 11.1. The van der Waals surface area contributed by atoms with E-state index in [1.54, 1.807) is 4.90 Å². The molecular weight excluding hydrogens is 412 g/mol. The molecule has 9 heteroatoms. The Balaban J connectivity index is 1.49. The van der Waals surface area contributed by atoms with Gasteiger partial charge in [-0.15, -0.1) is 0 Å². The van der Waals surface area contributed by atoms with Crippen LogP contribution in [0.2, 0.25) is 0 Å². The molecule has 2 aromatic heterocycles. The zero-order valence-electron chi connectivity index (χ0n) is 19.5. The van der Waals surface area contributed by atoms with E-state index in [9.17, 15) is 9.90 Å². The number of likely N-dealkylation sites (tertiary alicyclic amines) is 1. The first kappa shape index (κ1) is 22.5. The second kappa shape index (κ2) is 8.35. The maximum atomic E-state index is 13.3. The molecule has 1 aliphatic heterocycles. The zero-order valence-corrected chi connectivity index (χ0v) is 19.5. The minimum Gasteiger partial charge on any atom is -0.481 e. The Bertz CT molecular complexity index is 989. The molecule has 1 aliphatic carbocycles. The third-order valence-corrected chi connectivity index (χ3v) is 6.95. The van der Waals surface area contributed by atoms with Crippen LogP contribution in [-0.4, -0.2) is 58.3 Å². The van der Waals surface area contributed by atoms with Crippen LogP contribution in [0.25, 0.3) is 0 Å². The van der Waals surface area contributed by atoms with Gasteiger partial charge in [-0.1, -0.05) is 25.9 Å². The lowest BCUT2D eigenvalue weighted by molar-refractivity contribution is -0.0235. The number of ether oxygens (including phenoxy) is 2. The average molecular weight is 445 g/mol. The number of aromatic nitrogens is 3. The SMILES string of the molecule is COc1ncc(C2(O)CCN(C(=O)c3noc4c3C[C@H](C(C)(C)C)CC4)CC2)c(OC)n1. The first-order valence-corrected chi connectivity index (χ1v) is 11.1. The van der Waals surface area contributed by atoms with Crippen molar-refractivity contribution >= 4 is 5.91 Å². The van der Waals surface area contributed by atoms with Gasteiger partial charge in [0.15, 0.2) is 5.69 Å². The highest BCUT2D eigenvalue weighted by atomic mass is 16.5. The van der Waals surface area contributed by atoms with Crippen molar-refractivity contribution in [1.29, 1.82) is 0 Å². The van der Waals surface area contributed by atoms with Crippen molar-refractivity contribution in [2.75, 3.05) is 27.3 Å². The summed E-state index contributed by atoms with van der Waals surface area (Å²) in [5.74, 6) is 1.46. The van der Waals surface area contributed by atoms with Crippen molar-refractivity contribution in [3.8, 4) is 11.9 Å². The standard InChI is InChI=1S/C23H32N4O5/c1-22(2,3)14-6-7-17-15(12-14)18(26-32-17)20(28)27-10-8-23(29,9-11-27)16-13-24-21(31-5)25-19(16)30-4/h13-14,29H,6-12H2,1-5H3/t14-/m1/s1. The summed E-state index contributed by atoms with van der Waals surface area (Å²) in [4.78, 5) is 23.3. The van der Waals surface area contributed by atoms with Crippen LogP contribution in [0.4, 0.5) is 0 Å². The fraction of sp³-hybridized carbons (Fsp3) is 0.652. The predicted molar refractivity (Wildman–Crippen MR) is 116 cm³/mol. The molecule has 1 amide bonds. The summed E-state index contributed by atoms with van der Waals surface area (Å²) in [7, 11) is 2.96. The summed E-state index contributed by atoms with van der Waals surface area (Å²) in [6.07, 6.45) is 4.88. The summed E-state index contributed by atoms with van der Waals surface area (Å²) < 4.78 is 15.9. The maximum absolute atomic E-state index is 13.3. The molecule has 1 N–H and O–H groups in total. The monoisotopic (exact) mass is 444 g/mol. The molecule has 2 aliphatic rings. The van der Waals surface area contributed by atoms with Crippen molar-refractivity contribution in [2.24, 2.45) is 11.3 Å². The normalized spacial score (nSPS) is 20.6. The fourth-order valence-corrected chi connectivity index (χ4v) is 4.73. The van der Waals surface area contributed by atoms with Crippen molar-refractivity contribution < 1.29 is 23.9 Å². The lowest BCUT2D eigenvalue weighted by Crippen LogP contribution is -2.45. The van der Waals surface area contributed by atoms with Gasteiger partial charge in [0.2, 0.25) is 5.88 Å². The summed E-state index contributed by atoms with van der Waals surface area (Å²) in [5.41, 5.74) is 0.850. The number of amides is 1.